The van der Waals surface area contributed by atoms with E-state index in [9.17, 15) is 0 Å². The molecule has 0 aromatic heterocycles. The van der Waals surface area contributed by atoms with Gasteiger partial charge in [0.15, 0.2) is 0 Å². The summed E-state index contributed by atoms with van der Waals surface area (Å²) in [4.78, 5) is 0. The molecule has 1 fully saturated rings. The molecule has 1 aliphatic rings. The van der Waals surface area contributed by atoms with E-state index in [1.165, 1.54) is 68.1 Å². The van der Waals surface area contributed by atoms with Gasteiger partial charge in [-0.15, -0.1) is 0 Å². The SMILES string of the molecule is C/C=C/CCC1CCC(CCc2ccc(-c3ccc4c(F)c(CCCCC)ccc4c3)cc2)CC1. The van der Waals surface area contributed by atoms with Crippen LogP contribution in [0.5, 0.6) is 0 Å². The zero-order valence-corrected chi connectivity index (χ0v) is 21.9. The summed E-state index contributed by atoms with van der Waals surface area (Å²) in [6.07, 6.45) is 19.5. The largest absolute Gasteiger partial charge is 0.206 e. The molecule has 0 spiro atoms. The van der Waals surface area contributed by atoms with Gasteiger partial charge in [0.1, 0.15) is 5.82 Å². The number of benzene rings is 3. The fourth-order valence-electron chi connectivity index (χ4n) is 5.82. The van der Waals surface area contributed by atoms with Gasteiger partial charge in [0.25, 0.3) is 0 Å². The second kappa shape index (κ2) is 13.1. The van der Waals surface area contributed by atoms with Gasteiger partial charge in [-0.2, -0.15) is 0 Å². The molecule has 0 amide bonds. The van der Waals surface area contributed by atoms with Gasteiger partial charge in [0.05, 0.1) is 0 Å². The molecule has 0 bridgehead atoms. The van der Waals surface area contributed by atoms with Crippen LogP contribution >= 0.6 is 0 Å². The molecule has 1 saturated carbocycles. The fraction of sp³-hybridized carbons (Fsp3) is 0.471. The first-order valence-corrected chi connectivity index (χ1v) is 14.1. The highest BCUT2D eigenvalue weighted by molar-refractivity contribution is 5.88. The number of fused-ring (bicyclic) bond motifs is 1. The summed E-state index contributed by atoms with van der Waals surface area (Å²) in [6.45, 7) is 4.31. The van der Waals surface area contributed by atoms with Crippen LogP contribution in [0.1, 0.15) is 89.2 Å². The molecule has 0 atom stereocenters. The Hall–Kier alpha value is -2.41. The van der Waals surface area contributed by atoms with E-state index in [4.69, 9.17) is 0 Å². The van der Waals surface area contributed by atoms with E-state index >= 15 is 4.39 Å². The second-order valence-electron chi connectivity index (χ2n) is 10.7. The molecule has 0 heterocycles. The lowest BCUT2D eigenvalue weighted by atomic mass is 9.78. The monoisotopic (exact) mass is 470 g/mol. The lowest BCUT2D eigenvalue weighted by Gasteiger charge is -2.28. The molecule has 35 heavy (non-hydrogen) atoms. The highest BCUT2D eigenvalue weighted by atomic mass is 19.1. The van der Waals surface area contributed by atoms with E-state index in [0.29, 0.717) is 0 Å². The molecule has 0 radical (unpaired) electrons. The van der Waals surface area contributed by atoms with Crippen LogP contribution in [0.15, 0.2) is 66.7 Å². The minimum Gasteiger partial charge on any atom is -0.206 e. The molecule has 0 saturated heterocycles. The molecular weight excluding hydrogens is 427 g/mol. The molecule has 3 aromatic rings. The minimum atomic E-state index is -0.0349. The Balaban J connectivity index is 1.32. The van der Waals surface area contributed by atoms with Crippen molar-refractivity contribution < 1.29 is 4.39 Å². The first-order valence-electron chi connectivity index (χ1n) is 14.1. The molecule has 0 nitrogen and oxygen atoms in total. The third-order valence-corrected chi connectivity index (χ3v) is 8.16. The average molecular weight is 471 g/mol. The van der Waals surface area contributed by atoms with Crippen molar-refractivity contribution in [3.8, 4) is 11.1 Å². The lowest BCUT2D eigenvalue weighted by molar-refractivity contribution is 0.254. The zero-order valence-electron chi connectivity index (χ0n) is 21.9. The van der Waals surface area contributed by atoms with Crippen molar-refractivity contribution in [3.05, 3.63) is 83.7 Å². The van der Waals surface area contributed by atoms with E-state index < -0.39 is 0 Å². The van der Waals surface area contributed by atoms with E-state index in [0.717, 1.165) is 53.9 Å². The number of unbranched alkanes of at least 4 members (excludes halogenated alkanes) is 2. The van der Waals surface area contributed by atoms with Crippen LogP contribution in [0.25, 0.3) is 21.9 Å². The highest BCUT2D eigenvalue weighted by Gasteiger charge is 2.20. The summed E-state index contributed by atoms with van der Waals surface area (Å²) < 4.78 is 15.0. The Morgan fingerprint density at radius 2 is 1.51 bits per heavy atom. The van der Waals surface area contributed by atoms with Crippen molar-refractivity contribution in [2.75, 3.05) is 0 Å². The van der Waals surface area contributed by atoms with Gasteiger partial charge >= 0.3 is 0 Å². The minimum absolute atomic E-state index is 0.0349. The fourth-order valence-corrected chi connectivity index (χ4v) is 5.82. The van der Waals surface area contributed by atoms with E-state index in [1.807, 2.05) is 12.1 Å². The van der Waals surface area contributed by atoms with Crippen molar-refractivity contribution >= 4 is 10.8 Å². The molecule has 1 heteroatoms. The lowest BCUT2D eigenvalue weighted by Crippen LogP contribution is -2.15. The van der Waals surface area contributed by atoms with Crippen LogP contribution < -0.4 is 0 Å². The number of hydrogen-bond donors (Lipinski definition) is 0. The molecule has 0 aliphatic heterocycles. The standard InChI is InChI=1S/C34H43F/c1-3-5-7-9-26-11-13-27(14-12-26)15-16-28-17-19-29(20-18-28)31-23-24-33-32(25-31)22-21-30(34(33)35)10-8-6-4-2/h3,5,17-27H,4,6-16H2,1-2H3/b5-3+. The summed E-state index contributed by atoms with van der Waals surface area (Å²) >= 11 is 0. The number of rotatable bonds is 11. The molecule has 186 valence electrons. The molecule has 0 unspecified atom stereocenters. The smallest absolute Gasteiger partial charge is 0.134 e. The molecule has 0 N–H and O–H groups in total. The maximum atomic E-state index is 15.0. The third-order valence-electron chi connectivity index (χ3n) is 8.16. The summed E-state index contributed by atoms with van der Waals surface area (Å²) in [5.74, 6) is 1.81. The number of halogens is 1. The Bertz CT molecular complexity index is 1080. The first kappa shape index (κ1) is 25.7. The Labute approximate surface area is 212 Å². The quantitative estimate of drug-likeness (QED) is 0.193. The molecule has 3 aromatic carbocycles. The predicted octanol–water partition coefficient (Wildman–Crippen LogP) is 10.5. The van der Waals surface area contributed by atoms with Gasteiger partial charge in [-0.3, -0.25) is 0 Å². The van der Waals surface area contributed by atoms with Crippen molar-refractivity contribution in [1.29, 1.82) is 0 Å². The van der Waals surface area contributed by atoms with E-state index in [2.05, 4.69) is 68.5 Å². The topological polar surface area (TPSA) is 0 Å². The van der Waals surface area contributed by atoms with Crippen molar-refractivity contribution in [3.63, 3.8) is 0 Å². The molecule has 4 rings (SSSR count). The van der Waals surface area contributed by atoms with Crippen molar-refractivity contribution in [2.24, 2.45) is 11.8 Å². The molecular formula is C34H43F. The van der Waals surface area contributed by atoms with Gasteiger partial charge in [-0.1, -0.05) is 106 Å². The number of allylic oxidation sites excluding steroid dienone is 2. The maximum Gasteiger partial charge on any atom is 0.134 e. The van der Waals surface area contributed by atoms with Gasteiger partial charge in [0.2, 0.25) is 0 Å². The zero-order chi connectivity index (χ0) is 24.5. The van der Waals surface area contributed by atoms with Crippen LogP contribution in [0, 0.1) is 17.7 Å². The Morgan fingerprint density at radius 3 is 2.23 bits per heavy atom. The van der Waals surface area contributed by atoms with Gasteiger partial charge in [-0.05, 0) is 91.0 Å². The normalized spacial score (nSPS) is 18.5. The first-order chi connectivity index (χ1) is 17.2. The summed E-state index contributed by atoms with van der Waals surface area (Å²) in [7, 11) is 0. The van der Waals surface area contributed by atoms with Crippen LogP contribution in [-0.4, -0.2) is 0 Å². The van der Waals surface area contributed by atoms with Gasteiger partial charge in [-0.25, -0.2) is 4.39 Å². The number of aryl methyl sites for hydroxylation is 2. The summed E-state index contributed by atoms with van der Waals surface area (Å²) in [5.41, 5.74) is 4.67. The van der Waals surface area contributed by atoms with Crippen molar-refractivity contribution in [1.82, 2.24) is 0 Å². The third kappa shape index (κ3) is 7.06. The summed E-state index contributed by atoms with van der Waals surface area (Å²) in [6, 6.07) is 19.3. The highest BCUT2D eigenvalue weighted by Crippen LogP contribution is 2.34. The summed E-state index contributed by atoms with van der Waals surface area (Å²) in [5, 5.41) is 1.74. The maximum absolute atomic E-state index is 15.0. The second-order valence-corrected chi connectivity index (χ2v) is 10.7. The van der Waals surface area contributed by atoms with E-state index in [-0.39, 0.29) is 5.82 Å². The van der Waals surface area contributed by atoms with Gasteiger partial charge in [0, 0.05) is 5.39 Å². The van der Waals surface area contributed by atoms with Crippen LogP contribution in [-0.2, 0) is 12.8 Å². The van der Waals surface area contributed by atoms with Crippen LogP contribution in [0.3, 0.4) is 0 Å². The predicted molar refractivity (Wildman–Crippen MR) is 150 cm³/mol. The van der Waals surface area contributed by atoms with E-state index in [1.54, 1.807) is 0 Å². The van der Waals surface area contributed by atoms with Crippen LogP contribution in [0.4, 0.5) is 4.39 Å². The molecule has 1 aliphatic carbocycles. The average Bonchev–Trinajstić information content (AvgIpc) is 2.90. The number of hydrogen-bond acceptors (Lipinski definition) is 0. The van der Waals surface area contributed by atoms with Crippen LogP contribution in [0.2, 0.25) is 0 Å². The van der Waals surface area contributed by atoms with Crippen molar-refractivity contribution in [2.45, 2.75) is 90.9 Å². The Kier molecular flexibility index (Phi) is 9.57. The van der Waals surface area contributed by atoms with Gasteiger partial charge < -0.3 is 0 Å². The Morgan fingerprint density at radius 1 is 0.800 bits per heavy atom.